The molecular formula is C11H13N3O5. The minimum absolute atomic E-state index is 0.0438. The molecule has 0 aliphatic rings. The number of nitro benzene ring substituents is 1. The molecule has 1 amide bonds. The van der Waals surface area contributed by atoms with Gasteiger partial charge in [-0.2, -0.15) is 0 Å². The van der Waals surface area contributed by atoms with Crippen LogP contribution in [0, 0.1) is 10.1 Å². The largest absolute Gasteiger partial charge is 0.481 e. The summed E-state index contributed by atoms with van der Waals surface area (Å²) >= 11 is 0. The van der Waals surface area contributed by atoms with E-state index in [4.69, 9.17) is 10.8 Å². The minimum Gasteiger partial charge on any atom is -0.481 e. The number of hydrogen-bond acceptors (Lipinski definition) is 5. The van der Waals surface area contributed by atoms with Crippen LogP contribution in [0.5, 0.6) is 0 Å². The molecule has 1 unspecified atom stereocenters. The van der Waals surface area contributed by atoms with Crippen LogP contribution in [-0.2, 0) is 16.1 Å². The van der Waals surface area contributed by atoms with Crippen molar-refractivity contribution in [1.82, 2.24) is 5.32 Å². The number of carboxylic acid groups (broad SMARTS) is 1. The third-order valence-corrected chi connectivity index (χ3v) is 2.35. The van der Waals surface area contributed by atoms with E-state index in [0.29, 0.717) is 5.56 Å². The molecule has 0 saturated heterocycles. The first-order valence-corrected chi connectivity index (χ1v) is 5.38. The molecule has 0 fully saturated rings. The summed E-state index contributed by atoms with van der Waals surface area (Å²) in [5, 5.41) is 21.4. The fourth-order valence-corrected chi connectivity index (χ4v) is 1.34. The normalized spacial score (nSPS) is 11.6. The SMILES string of the molecule is NC(CC(=O)O)C(=O)NCc1ccc([N+](=O)[O-])cc1. The Morgan fingerprint density at radius 3 is 2.42 bits per heavy atom. The van der Waals surface area contributed by atoms with Crippen LogP contribution in [0.3, 0.4) is 0 Å². The lowest BCUT2D eigenvalue weighted by Crippen LogP contribution is -2.41. The van der Waals surface area contributed by atoms with Crippen molar-refractivity contribution in [2.24, 2.45) is 5.73 Å². The van der Waals surface area contributed by atoms with Crippen molar-refractivity contribution in [2.45, 2.75) is 19.0 Å². The zero-order chi connectivity index (χ0) is 14.4. The van der Waals surface area contributed by atoms with Gasteiger partial charge < -0.3 is 16.2 Å². The number of hydrogen-bond donors (Lipinski definition) is 3. The van der Waals surface area contributed by atoms with E-state index in [2.05, 4.69) is 5.32 Å². The first kappa shape index (κ1) is 14.6. The van der Waals surface area contributed by atoms with Crippen molar-refractivity contribution >= 4 is 17.6 Å². The maximum Gasteiger partial charge on any atom is 0.305 e. The van der Waals surface area contributed by atoms with Gasteiger partial charge in [0.05, 0.1) is 17.4 Å². The third kappa shape index (κ3) is 4.72. The van der Waals surface area contributed by atoms with Crippen molar-refractivity contribution in [2.75, 3.05) is 0 Å². The lowest BCUT2D eigenvalue weighted by molar-refractivity contribution is -0.384. The van der Waals surface area contributed by atoms with Crippen LogP contribution in [0.25, 0.3) is 0 Å². The number of nitrogens with one attached hydrogen (secondary N) is 1. The van der Waals surface area contributed by atoms with Gasteiger partial charge in [-0.25, -0.2) is 0 Å². The Balaban J connectivity index is 2.50. The highest BCUT2D eigenvalue weighted by Gasteiger charge is 2.16. The van der Waals surface area contributed by atoms with Crippen molar-refractivity contribution in [3.05, 3.63) is 39.9 Å². The van der Waals surface area contributed by atoms with Crippen molar-refractivity contribution in [3.63, 3.8) is 0 Å². The average Bonchev–Trinajstić information content (AvgIpc) is 2.35. The van der Waals surface area contributed by atoms with E-state index in [1.807, 2.05) is 0 Å². The summed E-state index contributed by atoms with van der Waals surface area (Å²) in [6, 6.07) is 4.52. The molecule has 0 aromatic heterocycles. The highest BCUT2D eigenvalue weighted by atomic mass is 16.6. The third-order valence-electron chi connectivity index (χ3n) is 2.35. The maximum absolute atomic E-state index is 11.4. The number of aliphatic carboxylic acids is 1. The summed E-state index contributed by atoms with van der Waals surface area (Å²) in [6.45, 7) is 0.129. The van der Waals surface area contributed by atoms with E-state index in [1.54, 1.807) is 0 Å². The molecule has 0 aliphatic carbocycles. The standard InChI is InChI=1S/C11H13N3O5/c12-9(5-10(15)16)11(17)13-6-7-1-3-8(4-2-7)14(18)19/h1-4,9H,5-6,12H2,(H,13,17)(H,15,16). The first-order chi connectivity index (χ1) is 8.90. The number of non-ortho nitro benzene ring substituents is 1. The molecule has 1 atom stereocenters. The number of amides is 1. The Bertz CT molecular complexity index is 486. The summed E-state index contributed by atoms with van der Waals surface area (Å²) in [7, 11) is 0. The predicted molar refractivity (Wildman–Crippen MR) is 65.2 cm³/mol. The molecule has 0 saturated carbocycles. The quantitative estimate of drug-likeness (QED) is 0.490. The summed E-state index contributed by atoms with van der Waals surface area (Å²) in [4.78, 5) is 31.7. The van der Waals surface area contributed by atoms with Gasteiger partial charge in [0.15, 0.2) is 0 Å². The second-order valence-corrected chi connectivity index (χ2v) is 3.85. The first-order valence-electron chi connectivity index (χ1n) is 5.38. The number of benzene rings is 1. The van der Waals surface area contributed by atoms with Gasteiger partial charge in [0, 0.05) is 18.7 Å². The number of nitrogens with two attached hydrogens (primary N) is 1. The fraction of sp³-hybridized carbons (Fsp3) is 0.273. The Labute approximate surface area is 108 Å². The molecule has 1 aromatic rings. The van der Waals surface area contributed by atoms with Crippen LogP contribution in [0.15, 0.2) is 24.3 Å². The van der Waals surface area contributed by atoms with Crippen LogP contribution >= 0.6 is 0 Å². The lowest BCUT2D eigenvalue weighted by atomic mass is 10.2. The molecule has 1 aromatic carbocycles. The van der Waals surface area contributed by atoms with E-state index < -0.39 is 29.3 Å². The van der Waals surface area contributed by atoms with Gasteiger partial charge in [-0.1, -0.05) is 12.1 Å². The van der Waals surface area contributed by atoms with Gasteiger partial charge in [0.25, 0.3) is 5.69 Å². The highest BCUT2D eigenvalue weighted by Crippen LogP contribution is 2.11. The van der Waals surface area contributed by atoms with Crippen molar-refractivity contribution in [1.29, 1.82) is 0 Å². The molecule has 0 bridgehead atoms. The summed E-state index contributed by atoms with van der Waals surface area (Å²) < 4.78 is 0. The molecular weight excluding hydrogens is 254 g/mol. The van der Waals surface area contributed by atoms with Gasteiger partial charge in [-0.05, 0) is 5.56 Å². The van der Waals surface area contributed by atoms with Crippen LogP contribution in [0.2, 0.25) is 0 Å². The molecule has 102 valence electrons. The molecule has 0 heterocycles. The maximum atomic E-state index is 11.4. The number of nitro groups is 1. The molecule has 4 N–H and O–H groups in total. The van der Waals surface area contributed by atoms with E-state index in [-0.39, 0.29) is 12.2 Å². The molecule has 8 nitrogen and oxygen atoms in total. The summed E-state index contributed by atoms with van der Waals surface area (Å²) in [6.07, 6.45) is -0.452. The topological polar surface area (TPSA) is 136 Å². The van der Waals surface area contributed by atoms with E-state index in [0.717, 1.165) is 0 Å². The van der Waals surface area contributed by atoms with Crippen molar-refractivity contribution < 1.29 is 19.6 Å². The van der Waals surface area contributed by atoms with E-state index >= 15 is 0 Å². The average molecular weight is 267 g/mol. The van der Waals surface area contributed by atoms with Crippen LogP contribution in [-0.4, -0.2) is 27.9 Å². The summed E-state index contributed by atoms with van der Waals surface area (Å²) in [5.41, 5.74) is 5.97. The number of rotatable bonds is 6. The van der Waals surface area contributed by atoms with Crippen LogP contribution in [0.4, 0.5) is 5.69 Å². The molecule has 19 heavy (non-hydrogen) atoms. The zero-order valence-corrected chi connectivity index (χ0v) is 9.91. The second-order valence-electron chi connectivity index (χ2n) is 3.85. The zero-order valence-electron chi connectivity index (χ0n) is 9.91. The highest BCUT2D eigenvalue weighted by molar-refractivity contribution is 5.85. The molecule has 8 heteroatoms. The van der Waals surface area contributed by atoms with Gasteiger partial charge >= 0.3 is 5.97 Å². The molecule has 1 rings (SSSR count). The van der Waals surface area contributed by atoms with Crippen LogP contribution < -0.4 is 11.1 Å². The number of carbonyl (C=O) groups excluding carboxylic acids is 1. The van der Waals surface area contributed by atoms with Gasteiger partial charge in [0.2, 0.25) is 5.91 Å². The molecule has 0 radical (unpaired) electrons. The summed E-state index contributed by atoms with van der Waals surface area (Å²) in [5.74, 6) is -1.74. The van der Waals surface area contributed by atoms with E-state index in [1.165, 1.54) is 24.3 Å². The van der Waals surface area contributed by atoms with Crippen LogP contribution in [0.1, 0.15) is 12.0 Å². The lowest BCUT2D eigenvalue weighted by Gasteiger charge is -2.10. The fourth-order valence-electron chi connectivity index (χ4n) is 1.34. The number of carboxylic acids is 1. The molecule has 0 spiro atoms. The van der Waals surface area contributed by atoms with Gasteiger partial charge in [-0.15, -0.1) is 0 Å². The Hall–Kier alpha value is -2.48. The smallest absolute Gasteiger partial charge is 0.305 e. The monoisotopic (exact) mass is 267 g/mol. The second kappa shape index (κ2) is 6.45. The predicted octanol–water partition coefficient (Wildman–Crippen LogP) is 0.0130. The Morgan fingerprint density at radius 2 is 1.95 bits per heavy atom. The minimum atomic E-state index is -1.15. The van der Waals surface area contributed by atoms with Gasteiger partial charge in [0.1, 0.15) is 0 Å². The van der Waals surface area contributed by atoms with Crippen molar-refractivity contribution in [3.8, 4) is 0 Å². The molecule has 0 aliphatic heterocycles. The van der Waals surface area contributed by atoms with E-state index in [9.17, 15) is 19.7 Å². The number of nitrogens with zero attached hydrogens (tertiary/aromatic N) is 1. The van der Waals surface area contributed by atoms with Gasteiger partial charge in [-0.3, -0.25) is 19.7 Å². The Morgan fingerprint density at radius 1 is 1.37 bits per heavy atom. The Kier molecular flexibility index (Phi) is 4.95. The number of carbonyl (C=O) groups is 2.